The highest BCUT2D eigenvalue weighted by Gasteiger charge is 2.62. The van der Waals surface area contributed by atoms with E-state index in [0.29, 0.717) is 46.5 Å². The summed E-state index contributed by atoms with van der Waals surface area (Å²) in [5.74, 6) is 4.41. The van der Waals surface area contributed by atoms with Crippen molar-refractivity contribution >= 4 is 5.78 Å². The van der Waals surface area contributed by atoms with Crippen LogP contribution in [0.1, 0.15) is 83.6 Å². The molecule has 0 bridgehead atoms. The zero-order chi connectivity index (χ0) is 23.4. The van der Waals surface area contributed by atoms with E-state index in [1.165, 1.54) is 31.2 Å². The second-order valence-electron chi connectivity index (χ2n) is 12.3. The van der Waals surface area contributed by atoms with Gasteiger partial charge in [0, 0.05) is 12.8 Å². The van der Waals surface area contributed by atoms with E-state index in [4.69, 9.17) is 4.74 Å². The molecule has 5 rings (SSSR count). The fourth-order valence-corrected chi connectivity index (χ4v) is 8.94. The number of rotatable bonds is 5. The molecule has 4 aliphatic rings. The van der Waals surface area contributed by atoms with Crippen molar-refractivity contribution in [2.75, 3.05) is 7.11 Å². The van der Waals surface area contributed by atoms with Gasteiger partial charge in [0.15, 0.2) is 11.5 Å². The molecule has 33 heavy (non-hydrogen) atoms. The van der Waals surface area contributed by atoms with Crippen LogP contribution < -0.4 is 4.74 Å². The Morgan fingerprint density at radius 2 is 1.88 bits per heavy atom. The zero-order valence-electron chi connectivity index (χ0n) is 20.7. The van der Waals surface area contributed by atoms with Gasteiger partial charge in [-0.15, -0.1) is 0 Å². The van der Waals surface area contributed by atoms with Crippen molar-refractivity contribution in [1.29, 1.82) is 0 Å². The second kappa shape index (κ2) is 8.59. The fraction of sp³-hybridized carbons (Fsp3) is 0.759. The minimum Gasteiger partial charge on any atom is -0.504 e. The Labute approximate surface area is 199 Å². The van der Waals surface area contributed by atoms with E-state index >= 15 is 0 Å². The molecule has 1 aromatic rings. The smallest absolute Gasteiger partial charge is 0.160 e. The molecular weight excluding hydrogens is 412 g/mol. The van der Waals surface area contributed by atoms with E-state index in [1.807, 2.05) is 12.1 Å². The van der Waals surface area contributed by atoms with Crippen LogP contribution in [-0.4, -0.2) is 29.2 Å². The Kier molecular flexibility index (Phi) is 6.04. The summed E-state index contributed by atoms with van der Waals surface area (Å²) in [6, 6.07) is 5.70. The molecule has 4 nitrogen and oxygen atoms in total. The molecule has 0 spiro atoms. The van der Waals surface area contributed by atoms with Gasteiger partial charge in [0.25, 0.3) is 0 Å². The number of hydrogen-bond acceptors (Lipinski definition) is 4. The molecule has 2 N–H and O–H groups in total. The van der Waals surface area contributed by atoms with Crippen LogP contribution in [-0.2, 0) is 11.2 Å². The number of aromatic hydroxyl groups is 1. The molecule has 4 fully saturated rings. The third-order valence-electron chi connectivity index (χ3n) is 10.9. The van der Waals surface area contributed by atoms with Gasteiger partial charge in [-0.1, -0.05) is 19.9 Å². The maximum Gasteiger partial charge on any atom is 0.160 e. The van der Waals surface area contributed by atoms with E-state index in [1.54, 1.807) is 13.2 Å². The van der Waals surface area contributed by atoms with Gasteiger partial charge in [-0.2, -0.15) is 0 Å². The second-order valence-corrected chi connectivity index (χ2v) is 12.3. The zero-order valence-corrected chi connectivity index (χ0v) is 20.7. The number of ether oxygens (including phenoxy) is 1. The number of ketones is 1. The lowest BCUT2D eigenvalue weighted by Crippen LogP contribution is -2.57. The van der Waals surface area contributed by atoms with Crippen LogP contribution in [0.5, 0.6) is 11.5 Å². The normalized spacial score (nSPS) is 42.4. The van der Waals surface area contributed by atoms with Crippen molar-refractivity contribution in [3.05, 3.63) is 23.8 Å². The summed E-state index contributed by atoms with van der Waals surface area (Å²) in [5, 5.41) is 20.8. The summed E-state index contributed by atoms with van der Waals surface area (Å²) in [7, 11) is 1.60. The van der Waals surface area contributed by atoms with Crippen molar-refractivity contribution in [3.63, 3.8) is 0 Å². The topological polar surface area (TPSA) is 66.8 Å². The third-order valence-corrected chi connectivity index (χ3v) is 10.9. The number of carbonyl (C=O) groups is 1. The Bertz CT molecular complexity index is 896. The average Bonchev–Trinajstić information content (AvgIpc) is 3.10. The Morgan fingerprint density at radius 1 is 1.09 bits per heavy atom. The molecular formula is C29H42O4. The number of hydrogen-bond donors (Lipinski definition) is 2. The first-order valence-corrected chi connectivity index (χ1v) is 13.3. The van der Waals surface area contributed by atoms with Gasteiger partial charge in [-0.25, -0.2) is 0 Å². The van der Waals surface area contributed by atoms with Crippen molar-refractivity contribution < 1.29 is 19.7 Å². The summed E-state index contributed by atoms with van der Waals surface area (Å²) < 4.78 is 5.30. The van der Waals surface area contributed by atoms with E-state index < -0.39 is 0 Å². The third kappa shape index (κ3) is 3.81. The number of aliphatic hydroxyl groups is 1. The van der Waals surface area contributed by atoms with Crippen LogP contribution in [0.15, 0.2) is 18.2 Å². The number of methoxy groups -OCH3 is 1. The Balaban J connectivity index is 1.37. The van der Waals surface area contributed by atoms with Crippen LogP contribution in [0.3, 0.4) is 0 Å². The van der Waals surface area contributed by atoms with Gasteiger partial charge in [-0.05, 0) is 116 Å². The lowest BCUT2D eigenvalue weighted by molar-refractivity contribution is -0.156. The van der Waals surface area contributed by atoms with Crippen molar-refractivity contribution in [1.82, 2.24) is 0 Å². The maximum absolute atomic E-state index is 12.4. The number of aryl methyl sites for hydroxylation is 1. The van der Waals surface area contributed by atoms with Crippen LogP contribution in [0.4, 0.5) is 0 Å². The largest absolute Gasteiger partial charge is 0.504 e. The highest BCUT2D eigenvalue weighted by molar-refractivity contribution is 5.79. The van der Waals surface area contributed by atoms with E-state index in [9.17, 15) is 15.0 Å². The first kappa shape index (κ1) is 23.2. The Morgan fingerprint density at radius 3 is 2.67 bits per heavy atom. The summed E-state index contributed by atoms with van der Waals surface area (Å²) in [4.78, 5) is 12.4. The van der Waals surface area contributed by atoms with Crippen molar-refractivity contribution in [2.45, 2.75) is 90.6 Å². The quantitative estimate of drug-likeness (QED) is 0.579. The molecule has 8 atom stereocenters. The average molecular weight is 455 g/mol. The first-order valence-electron chi connectivity index (χ1n) is 13.3. The summed E-state index contributed by atoms with van der Waals surface area (Å²) >= 11 is 0. The minimum absolute atomic E-state index is 0.0808. The molecule has 182 valence electrons. The van der Waals surface area contributed by atoms with Crippen molar-refractivity contribution in [2.24, 2.45) is 40.4 Å². The highest BCUT2D eigenvalue weighted by Crippen LogP contribution is 2.67. The van der Waals surface area contributed by atoms with Crippen molar-refractivity contribution in [3.8, 4) is 11.5 Å². The predicted octanol–water partition coefficient (Wildman–Crippen LogP) is 5.92. The van der Waals surface area contributed by atoms with Gasteiger partial charge < -0.3 is 14.9 Å². The number of Topliss-reactive ketones (excluding diaryl/α,β-unsaturated/α-hetero) is 1. The van der Waals surface area contributed by atoms with Crippen LogP contribution >= 0.6 is 0 Å². The van der Waals surface area contributed by atoms with Crippen LogP contribution in [0, 0.1) is 40.4 Å². The molecule has 0 radical (unpaired) electrons. The monoisotopic (exact) mass is 454 g/mol. The Hall–Kier alpha value is -1.55. The number of phenols is 1. The van der Waals surface area contributed by atoms with Gasteiger partial charge >= 0.3 is 0 Å². The summed E-state index contributed by atoms with van der Waals surface area (Å²) in [6.45, 7) is 4.87. The number of phenolic OH excluding ortho intramolecular Hbond substituents is 1. The maximum atomic E-state index is 12.4. The van der Waals surface area contributed by atoms with E-state index in [-0.39, 0.29) is 17.3 Å². The SMILES string of the molecule is COc1cc(CCCC2CC3CC(=O)CC[C@]3(C)[C@@H]3CC[C@]4(C)C(O)CC[C@H]4[C@H]23)ccc1O. The molecule has 0 heterocycles. The summed E-state index contributed by atoms with van der Waals surface area (Å²) in [5.41, 5.74) is 1.59. The minimum atomic E-state index is -0.146. The lowest BCUT2D eigenvalue weighted by Gasteiger charge is -2.62. The van der Waals surface area contributed by atoms with E-state index in [0.717, 1.165) is 44.9 Å². The molecule has 3 unspecified atom stereocenters. The first-order chi connectivity index (χ1) is 15.8. The molecule has 0 aromatic heterocycles. The van der Waals surface area contributed by atoms with Gasteiger partial charge in [-0.3, -0.25) is 4.79 Å². The van der Waals surface area contributed by atoms with E-state index in [2.05, 4.69) is 13.8 Å². The highest BCUT2D eigenvalue weighted by atomic mass is 16.5. The predicted molar refractivity (Wildman–Crippen MR) is 129 cm³/mol. The number of fused-ring (bicyclic) bond motifs is 5. The molecule has 4 saturated carbocycles. The van der Waals surface area contributed by atoms with Gasteiger partial charge in [0.1, 0.15) is 5.78 Å². The summed E-state index contributed by atoms with van der Waals surface area (Å²) in [6.07, 6.45) is 11.5. The number of aliphatic hydroxyl groups excluding tert-OH is 1. The lowest BCUT2D eigenvalue weighted by atomic mass is 9.42. The number of carbonyl (C=O) groups excluding carboxylic acids is 1. The number of benzene rings is 1. The van der Waals surface area contributed by atoms with Crippen LogP contribution in [0.25, 0.3) is 0 Å². The molecule has 0 saturated heterocycles. The van der Waals surface area contributed by atoms with Gasteiger partial charge in [0.2, 0.25) is 0 Å². The molecule has 1 aromatic carbocycles. The van der Waals surface area contributed by atoms with Gasteiger partial charge in [0.05, 0.1) is 13.2 Å². The fourth-order valence-electron chi connectivity index (χ4n) is 8.94. The molecule has 4 heteroatoms. The van der Waals surface area contributed by atoms with Crippen LogP contribution in [0.2, 0.25) is 0 Å². The molecule has 4 aliphatic carbocycles. The standard InChI is InChI=1S/C29H42O4/c1-28-13-11-21(30)17-20(28)16-19(6-4-5-18-7-9-24(31)25(15-18)33-3)27-22-8-10-26(32)29(22,2)14-12-23(27)28/h7,9,15,19-20,22-23,26-27,31-32H,4-6,8,10-14,16-17H2,1-3H3/t19?,20?,22-,23+,26?,27-,28-,29-/m0/s1. The molecule has 0 aliphatic heterocycles. The molecule has 0 amide bonds.